The van der Waals surface area contributed by atoms with Crippen LogP contribution in [0.25, 0.3) is 0 Å². The lowest BCUT2D eigenvalue weighted by atomic mass is 9.44. The van der Waals surface area contributed by atoms with E-state index < -0.39 is 70.3 Å². The minimum atomic E-state index is -2.07. The van der Waals surface area contributed by atoms with Crippen molar-refractivity contribution in [3.8, 4) is 0 Å². The number of halogens is 2. The van der Waals surface area contributed by atoms with Gasteiger partial charge in [-0.3, -0.25) is 14.4 Å². The number of fused-ring (bicyclic) bond motifs is 7. The average Bonchev–Trinajstić information content (AvgIpc) is 3.27. The molecule has 1 heterocycles. The van der Waals surface area contributed by atoms with Crippen molar-refractivity contribution in [1.82, 2.24) is 0 Å². The van der Waals surface area contributed by atoms with Crippen LogP contribution in [-0.2, 0) is 33.3 Å². The molecule has 1 N–H and O–H groups in total. The lowest BCUT2D eigenvalue weighted by molar-refractivity contribution is -0.248. The van der Waals surface area contributed by atoms with Crippen LogP contribution in [0.15, 0.2) is 23.0 Å². The summed E-state index contributed by atoms with van der Waals surface area (Å²) in [5.41, 5.74) is -4.76. The predicted molar refractivity (Wildman–Crippen MR) is 138 cm³/mol. The summed E-state index contributed by atoms with van der Waals surface area (Å²) in [5, 5.41) is 11.8. The first-order chi connectivity index (χ1) is 18.2. The maximum atomic E-state index is 17.8. The van der Waals surface area contributed by atoms with E-state index in [1.807, 2.05) is 6.92 Å². The van der Waals surface area contributed by atoms with E-state index in [1.165, 1.54) is 6.92 Å². The van der Waals surface area contributed by atoms with E-state index in [9.17, 15) is 19.5 Å². The van der Waals surface area contributed by atoms with Gasteiger partial charge in [0.25, 0.3) is 0 Å². The fraction of sp³-hybridized carbons (Fsp3) is 0.759. The lowest BCUT2D eigenvalue weighted by Crippen LogP contribution is -2.70. The van der Waals surface area contributed by atoms with Gasteiger partial charge in [-0.2, -0.15) is 0 Å². The van der Waals surface area contributed by atoms with Gasteiger partial charge in [-0.15, -0.1) is 11.6 Å². The number of carbonyl (C=O) groups is 3. The number of alkyl halides is 2. The van der Waals surface area contributed by atoms with Crippen LogP contribution < -0.4 is 0 Å². The number of hydrogen-bond acceptors (Lipinski definition) is 8. The van der Waals surface area contributed by atoms with Gasteiger partial charge >= 0.3 is 5.97 Å². The van der Waals surface area contributed by atoms with E-state index >= 15 is 4.39 Å². The van der Waals surface area contributed by atoms with Crippen molar-refractivity contribution in [2.24, 2.45) is 22.7 Å². The number of ketones is 1. The largest absolute Gasteiger partial charge is 0.497 e. The molecule has 39 heavy (non-hydrogen) atoms. The molecule has 0 unspecified atom stereocenters. The van der Waals surface area contributed by atoms with Crippen molar-refractivity contribution >= 4 is 29.6 Å². The highest BCUT2D eigenvalue weighted by Crippen LogP contribution is 2.72. The van der Waals surface area contributed by atoms with Gasteiger partial charge in [0.2, 0.25) is 5.78 Å². The molecule has 0 aromatic heterocycles. The van der Waals surface area contributed by atoms with Crippen LogP contribution in [0.3, 0.4) is 0 Å². The molecule has 0 radical (unpaired) electrons. The molecule has 2 saturated carbocycles. The summed E-state index contributed by atoms with van der Waals surface area (Å²) in [6.45, 7) is 8.07. The van der Waals surface area contributed by atoms with Crippen molar-refractivity contribution < 1.29 is 42.8 Å². The minimum absolute atomic E-state index is 0.0506. The van der Waals surface area contributed by atoms with E-state index in [2.05, 4.69) is 0 Å². The number of allylic oxidation sites excluding steroid dienone is 4. The molecule has 5 aliphatic rings. The number of aldehydes is 1. The van der Waals surface area contributed by atoms with Crippen molar-refractivity contribution in [2.75, 3.05) is 19.1 Å². The summed E-state index contributed by atoms with van der Waals surface area (Å²) in [5.74, 6) is -2.43. The van der Waals surface area contributed by atoms with Gasteiger partial charge in [0.15, 0.2) is 18.0 Å². The maximum absolute atomic E-state index is 17.8. The second-order valence-electron chi connectivity index (χ2n) is 12.6. The van der Waals surface area contributed by atoms with Crippen molar-refractivity contribution in [1.29, 1.82) is 0 Å². The number of esters is 1. The Kier molecular flexibility index (Phi) is 6.89. The third-order valence-electron chi connectivity index (χ3n) is 10.3. The molecule has 0 aromatic carbocycles. The summed E-state index contributed by atoms with van der Waals surface area (Å²) in [7, 11) is 0. The zero-order chi connectivity index (χ0) is 28.6. The Labute approximate surface area is 233 Å². The van der Waals surface area contributed by atoms with E-state index in [0.29, 0.717) is 48.7 Å². The summed E-state index contributed by atoms with van der Waals surface area (Å²) in [4.78, 5) is 37.8. The first-order valence-corrected chi connectivity index (χ1v) is 14.2. The highest BCUT2D eigenvalue weighted by atomic mass is 35.5. The quantitative estimate of drug-likeness (QED) is 0.279. The van der Waals surface area contributed by atoms with Crippen LogP contribution in [0.1, 0.15) is 66.7 Å². The molecule has 0 amide bonds. The van der Waals surface area contributed by atoms with Gasteiger partial charge in [-0.05, 0) is 62.7 Å². The van der Waals surface area contributed by atoms with Crippen molar-refractivity contribution in [2.45, 2.75) is 96.0 Å². The van der Waals surface area contributed by atoms with Crippen molar-refractivity contribution in [3.63, 3.8) is 0 Å². The monoisotopic (exact) mass is 568 g/mol. The average molecular weight is 569 g/mol. The molecular formula is C29H38ClFO8. The summed E-state index contributed by atoms with van der Waals surface area (Å²) >= 11 is 5.78. The van der Waals surface area contributed by atoms with E-state index in [-0.39, 0.29) is 12.8 Å². The Morgan fingerprint density at radius 2 is 1.97 bits per heavy atom. The number of ether oxygens (including phenoxy) is 4. The summed E-state index contributed by atoms with van der Waals surface area (Å²) in [6, 6.07) is 0. The molecule has 4 aliphatic carbocycles. The smallest absolute Gasteiger partial charge is 0.303 e. The van der Waals surface area contributed by atoms with Crippen molar-refractivity contribution in [3.05, 3.63) is 23.0 Å². The van der Waals surface area contributed by atoms with Crippen LogP contribution in [0.5, 0.6) is 0 Å². The molecular weight excluding hydrogens is 531 g/mol. The zero-order valence-electron chi connectivity index (χ0n) is 23.2. The Morgan fingerprint density at radius 3 is 2.62 bits per heavy atom. The van der Waals surface area contributed by atoms with Crippen LogP contribution in [0.4, 0.5) is 4.39 Å². The molecule has 10 heteroatoms. The second kappa shape index (κ2) is 9.36. The Morgan fingerprint density at radius 1 is 1.26 bits per heavy atom. The van der Waals surface area contributed by atoms with Crippen LogP contribution in [0.2, 0.25) is 0 Å². The number of aliphatic hydroxyl groups is 1. The van der Waals surface area contributed by atoms with Gasteiger partial charge in [0.05, 0.1) is 23.8 Å². The van der Waals surface area contributed by atoms with Crippen LogP contribution in [-0.4, -0.2) is 71.5 Å². The number of hydrogen-bond donors (Lipinski definition) is 1. The molecule has 0 spiro atoms. The number of Topliss-reactive ketones (excluding diaryl/α,β-unsaturated/α-hetero) is 1. The predicted octanol–water partition coefficient (Wildman–Crippen LogP) is 3.96. The zero-order valence-corrected chi connectivity index (χ0v) is 23.9. The summed E-state index contributed by atoms with van der Waals surface area (Å²) < 4.78 is 41.3. The first-order valence-electron chi connectivity index (χ1n) is 13.7. The third kappa shape index (κ3) is 3.82. The Balaban J connectivity index is 1.61. The first kappa shape index (κ1) is 28.7. The highest BCUT2D eigenvalue weighted by Gasteiger charge is 2.80. The number of rotatable bonds is 7. The standard InChI is InChI=1S/C29H38ClFO8/c1-16(33)37-15-23(35)29-24(38-25(2,3)39-29)12-20-21-10-17(14-32)19-11-18(36-9-8-30)6-7-26(19,4)28(21,31)22(34)13-27(20,29)5/h11,14,20-22,24,34H,6-10,12-13,15H2,1-5H3/t20-,21+,22+,24-,26+,27+,28+,29-/m1/s1. The van der Waals surface area contributed by atoms with Crippen LogP contribution >= 0.6 is 11.6 Å². The minimum Gasteiger partial charge on any atom is -0.497 e. The van der Waals surface area contributed by atoms with Gasteiger partial charge in [-0.25, -0.2) is 4.39 Å². The molecule has 1 aliphatic heterocycles. The Bertz CT molecular complexity index is 1150. The summed E-state index contributed by atoms with van der Waals surface area (Å²) in [6.07, 6.45) is 1.52. The second-order valence-corrected chi connectivity index (χ2v) is 13.0. The fourth-order valence-corrected chi connectivity index (χ4v) is 8.83. The molecule has 216 valence electrons. The third-order valence-corrected chi connectivity index (χ3v) is 10.4. The molecule has 0 bridgehead atoms. The van der Waals surface area contributed by atoms with Gasteiger partial charge in [0, 0.05) is 30.1 Å². The molecule has 0 aromatic rings. The highest BCUT2D eigenvalue weighted by molar-refractivity contribution is 6.18. The van der Waals surface area contributed by atoms with Crippen LogP contribution in [0, 0.1) is 22.7 Å². The Hall–Kier alpha value is -1.81. The fourth-order valence-electron chi connectivity index (χ4n) is 8.75. The van der Waals surface area contributed by atoms with Gasteiger partial charge in [0.1, 0.15) is 18.6 Å². The van der Waals surface area contributed by atoms with E-state index in [1.54, 1.807) is 26.8 Å². The van der Waals surface area contributed by atoms with E-state index in [0.717, 1.165) is 6.29 Å². The number of aliphatic hydroxyl groups excluding tert-OH is 1. The molecule has 3 fully saturated rings. The van der Waals surface area contributed by atoms with Gasteiger partial charge < -0.3 is 24.1 Å². The lowest BCUT2D eigenvalue weighted by Gasteiger charge is -2.63. The molecule has 1 saturated heterocycles. The molecule has 8 nitrogen and oxygen atoms in total. The normalized spacial score (nSPS) is 43.9. The molecule has 8 atom stereocenters. The number of carbonyl (C=O) groups excluding carboxylic acids is 3. The topological polar surface area (TPSA) is 108 Å². The van der Waals surface area contributed by atoms with Gasteiger partial charge in [-0.1, -0.05) is 13.8 Å². The maximum Gasteiger partial charge on any atom is 0.303 e. The van der Waals surface area contributed by atoms with E-state index in [4.69, 9.17) is 30.5 Å². The molecule has 5 rings (SSSR count). The SMILES string of the molecule is CC(=O)OCC(=O)[C@@]12OC(C)(C)O[C@@H]1C[C@@H]1[C@@H]3CC(C=O)=C4C=C(OCCCl)CC[C@]4(C)[C@@]3(F)[C@@H](O)C[C@@]12C.